The third-order valence-electron chi connectivity index (χ3n) is 0.850. The van der Waals surface area contributed by atoms with Gasteiger partial charge in [-0.3, -0.25) is 0 Å². The molecule has 0 aliphatic heterocycles. The minimum atomic E-state index is -2.44. The molecule has 0 saturated carbocycles. The summed E-state index contributed by atoms with van der Waals surface area (Å²) in [4.78, 5) is 0. The Kier molecular flexibility index (Phi) is 5.59. The highest BCUT2D eigenvalue weighted by Gasteiger charge is 2.40. The van der Waals surface area contributed by atoms with Crippen molar-refractivity contribution >= 4 is 56.2 Å². The van der Waals surface area contributed by atoms with Gasteiger partial charge in [0.15, 0.2) is 0 Å². The molecule has 0 N–H and O–H groups in total. The van der Waals surface area contributed by atoms with Gasteiger partial charge < -0.3 is 0 Å². The zero-order chi connectivity index (χ0) is 7.00. The van der Waals surface area contributed by atoms with E-state index in [0.29, 0.717) is 0 Å². The van der Waals surface area contributed by atoms with Gasteiger partial charge in [0.05, 0.1) is 0 Å². The summed E-state index contributed by atoms with van der Waals surface area (Å²) < 4.78 is 0. The van der Waals surface area contributed by atoms with Crippen molar-refractivity contribution in [2.75, 3.05) is 0 Å². The molecule has 0 unspecified atom stereocenters. The van der Waals surface area contributed by atoms with Crippen LogP contribution in [0.1, 0.15) is 20.8 Å². The van der Waals surface area contributed by atoms with Crippen LogP contribution in [0.4, 0.5) is 0 Å². The lowest BCUT2D eigenvalue weighted by Gasteiger charge is -2.24. The molecule has 9 heavy (non-hydrogen) atoms. The monoisotopic (exact) mass is 270 g/mol. The van der Waals surface area contributed by atoms with Crippen molar-refractivity contribution in [1.82, 2.24) is 0 Å². The highest BCUT2D eigenvalue weighted by Crippen LogP contribution is 2.44. The van der Waals surface area contributed by atoms with Crippen LogP contribution in [-0.2, 0) is 0 Å². The molecule has 0 spiro atoms. The van der Waals surface area contributed by atoms with Crippen molar-refractivity contribution in [3.05, 3.63) is 0 Å². The van der Waals surface area contributed by atoms with E-state index in [-0.39, 0.29) is 22.0 Å². The Labute approximate surface area is 81.8 Å². The van der Waals surface area contributed by atoms with Crippen LogP contribution >= 0.6 is 50.2 Å². The molecule has 0 aliphatic carbocycles. The molecule has 58 valence electrons. The van der Waals surface area contributed by atoms with E-state index in [1.54, 1.807) is 0 Å². The fourth-order valence-corrected chi connectivity index (χ4v) is 0. The van der Waals surface area contributed by atoms with Crippen LogP contribution in [0.2, 0.25) is 5.04 Å². The minimum Gasteiger partial charge on any atom is -0.125 e. The smallest absolute Gasteiger partial charge is 0.125 e. The predicted octanol–water partition coefficient (Wildman–Crippen LogP) is 4.02. The van der Waals surface area contributed by atoms with Crippen LogP contribution in [0.3, 0.4) is 0 Å². The first-order valence-corrected chi connectivity index (χ1v) is 7.35. The van der Waals surface area contributed by atoms with Gasteiger partial charge in [-0.2, -0.15) is 0 Å². The van der Waals surface area contributed by atoms with Gasteiger partial charge in [-0.25, -0.2) is 0 Å². The largest absolute Gasteiger partial charge is 0.346 e. The quantitative estimate of drug-likeness (QED) is 0.461. The van der Waals surface area contributed by atoms with Crippen molar-refractivity contribution in [1.29, 1.82) is 0 Å². The second-order valence-corrected chi connectivity index (χ2v) is 12.1. The van der Waals surface area contributed by atoms with E-state index < -0.39 is 6.00 Å². The van der Waals surface area contributed by atoms with Gasteiger partial charge >= 0.3 is 6.00 Å². The van der Waals surface area contributed by atoms with Crippen molar-refractivity contribution in [2.24, 2.45) is 0 Å². The summed E-state index contributed by atoms with van der Waals surface area (Å²) in [5.41, 5.74) is 0. The normalized spacial score (nSPS) is 12.7. The Hall–Kier alpha value is 1.57. The molecule has 0 fully saturated rings. The Balaban J connectivity index is 0. The summed E-state index contributed by atoms with van der Waals surface area (Å²) >= 11 is 17.0. The maximum Gasteiger partial charge on any atom is 0.346 e. The van der Waals surface area contributed by atoms with E-state index in [0.717, 1.165) is 0 Å². The van der Waals surface area contributed by atoms with Gasteiger partial charge in [-0.1, -0.05) is 20.8 Å². The van der Waals surface area contributed by atoms with E-state index in [2.05, 4.69) is 0 Å². The fourth-order valence-electron chi connectivity index (χ4n) is 0. The van der Waals surface area contributed by atoms with Crippen LogP contribution in [0.15, 0.2) is 0 Å². The van der Waals surface area contributed by atoms with Crippen LogP contribution in [0.25, 0.3) is 0 Å². The predicted molar refractivity (Wildman–Crippen MR) is 53.4 cm³/mol. The van der Waals surface area contributed by atoms with Crippen LogP contribution in [-0.4, -0.2) is 6.00 Å². The van der Waals surface area contributed by atoms with E-state index in [9.17, 15) is 0 Å². The van der Waals surface area contributed by atoms with Gasteiger partial charge in [0.1, 0.15) is 0 Å². The van der Waals surface area contributed by atoms with E-state index in [1.807, 2.05) is 20.8 Å². The molecule has 0 nitrogen and oxygen atoms in total. The third-order valence-corrected chi connectivity index (χ3v) is 7.65. The first-order valence-electron chi connectivity index (χ1n) is 2.32. The zero-order valence-electron chi connectivity index (χ0n) is 5.54. The van der Waals surface area contributed by atoms with Crippen LogP contribution in [0, 0.1) is 0 Å². The summed E-state index contributed by atoms with van der Waals surface area (Å²) in [6, 6.07) is -2.44. The third kappa shape index (κ3) is 4.91. The molecule has 0 saturated heterocycles. The first kappa shape index (κ1) is 13.2. The second-order valence-electron chi connectivity index (χ2n) is 2.75. The SMILES string of the molecule is Br.CC(C)(C)[Si](Cl)(Cl)Cl. The van der Waals surface area contributed by atoms with Crippen LogP contribution < -0.4 is 0 Å². The number of hydrogen-bond donors (Lipinski definition) is 0. The number of rotatable bonds is 0. The molecule has 0 amide bonds. The summed E-state index contributed by atoms with van der Waals surface area (Å²) in [6.07, 6.45) is 0. The molecular formula is C4H10BrCl3Si. The van der Waals surface area contributed by atoms with Crippen molar-refractivity contribution in [3.63, 3.8) is 0 Å². The topological polar surface area (TPSA) is 0 Å². The summed E-state index contributed by atoms with van der Waals surface area (Å²) in [6.45, 7) is 5.81. The summed E-state index contributed by atoms with van der Waals surface area (Å²) in [5.74, 6) is 0. The van der Waals surface area contributed by atoms with E-state index in [4.69, 9.17) is 33.2 Å². The molecule has 0 heterocycles. The average molecular weight is 272 g/mol. The van der Waals surface area contributed by atoms with Gasteiger partial charge in [0.2, 0.25) is 0 Å². The lowest BCUT2D eigenvalue weighted by atomic mass is 10.3. The van der Waals surface area contributed by atoms with E-state index >= 15 is 0 Å². The minimum absolute atomic E-state index is 0. The average Bonchev–Trinajstić information content (AvgIpc) is 1.25. The van der Waals surface area contributed by atoms with Crippen LogP contribution in [0.5, 0.6) is 0 Å². The standard InChI is InChI=1S/C4H9Cl3Si.BrH/c1-4(2,3)8(5,6)7;/h1-3H3;1H. The fraction of sp³-hybridized carbons (Fsp3) is 1.00. The van der Waals surface area contributed by atoms with Gasteiger partial charge in [0.25, 0.3) is 0 Å². The maximum absolute atomic E-state index is 5.68. The molecule has 0 aromatic carbocycles. The molecular weight excluding hydrogens is 262 g/mol. The Morgan fingerprint density at radius 1 is 1.00 bits per heavy atom. The van der Waals surface area contributed by atoms with Crippen molar-refractivity contribution in [2.45, 2.75) is 25.8 Å². The summed E-state index contributed by atoms with van der Waals surface area (Å²) in [7, 11) is 0. The molecule has 0 radical (unpaired) electrons. The Bertz CT molecular complexity index is 70.8. The lowest BCUT2D eigenvalue weighted by Crippen LogP contribution is -2.24. The molecule has 0 atom stereocenters. The van der Waals surface area contributed by atoms with Crippen molar-refractivity contribution < 1.29 is 0 Å². The molecule has 0 rings (SSSR count). The highest BCUT2D eigenvalue weighted by atomic mass is 79.9. The first-order chi connectivity index (χ1) is 3.25. The Morgan fingerprint density at radius 2 is 1.11 bits per heavy atom. The van der Waals surface area contributed by atoms with Gasteiger partial charge in [-0.15, -0.1) is 50.2 Å². The second kappa shape index (κ2) is 3.81. The Morgan fingerprint density at radius 3 is 1.11 bits per heavy atom. The zero-order valence-corrected chi connectivity index (χ0v) is 10.5. The molecule has 5 heteroatoms. The number of halogens is 4. The van der Waals surface area contributed by atoms with Gasteiger partial charge in [0, 0.05) is 0 Å². The lowest BCUT2D eigenvalue weighted by molar-refractivity contribution is 0.754. The number of hydrogen-bond acceptors (Lipinski definition) is 0. The molecule has 0 aromatic rings. The maximum atomic E-state index is 5.68. The summed E-state index contributed by atoms with van der Waals surface area (Å²) in [5, 5.41) is -0.127. The molecule has 0 bridgehead atoms. The molecule has 0 aliphatic rings. The van der Waals surface area contributed by atoms with Gasteiger partial charge in [-0.05, 0) is 5.04 Å². The van der Waals surface area contributed by atoms with E-state index in [1.165, 1.54) is 0 Å². The highest BCUT2D eigenvalue weighted by molar-refractivity contribution is 8.93. The van der Waals surface area contributed by atoms with Crippen molar-refractivity contribution in [3.8, 4) is 0 Å². The molecule has 0 aromatic heterocycles.